The Balaban J connectivity index is 2.02. The Kier molecular flexibility index (Phi) is 5.48. The lowest BCUT2D eigenvalue weighted by molar-refractivity contribution is 0.0465. The van der Waals surface area contributed by atoms with Crippen LogP contribution in [-0.4, -0.2) is 33.0 Å². The average molecular weight is 369 g/mol. The molecule has 132 valence electrons. The molecule has 6 nitrogen and oxygen atoms in total. The molecule has 0 bridgehead atoms. The van der Waals surface area contributed by atoms with Gasteiger partial charge in [0.2, 0.25) is 10.0 Å². The van der Waals surface area contributed by atoms with E-state index in [4.69, 9.17) is 0 Å². The molecule has 0 spiro atoms. The third-order valence-electron chi connectivity index (χ3n) is 3.01. The molecule has 0 atom stereocenters. The predicted molar refractivity (Wildman–Crippen MR) is 85.9 cm³/mol. The lowest BCUT2D eigenvalue weighted by Crippen LogP contribution is -2.16. The second-order valence-corrected chi connectivity index (χ2v) is 6.80. The number of carbonyl (C=O) groups excluding carboxylic acids is 2. The normalized spacial score (nSPS) is 11.0. The van der Waals surface area contributed by atoms with Gasteiger partial charge in [0.1, 0.15) is 17.2 Å². The molecule has 0 aromatic heterocycles. The van der Waals surface area contributed by atoms with Gasteiger partial charge in [-0.25, -0.2) is 22.0 Å². The maximum Gasteiger partial charge on any atom is 0.344 e. The highest BCUT2D eigenvalue weighted by Crippen LogP contribution is 2.14. The summed E-state index contributed by atoms with van der Waals surface area (Å²) in [5.41, 5.74) is -0.478. The molecular formula is C16H13F2NO5S. The fourth-order valence-corrected chi connectivity index (χ4v) is 2.48. The van der Waals surface area contributed by atoms with Crippen molar-refractivity contribution in [3.8, 4) is 0 Å². The number of rotatable bonds is 6. The highest BCUT2D eigenvalue weighted by Gasteiger charge is 2.19. The lowest BCUT2D eigenvalue weighted by atomic mass is 10.1. The molecule has 0 unspecified atom stereocenters. The van der Waals surface area contributed by atoms with Crippen molar-refractivity contribution in [1.82, 2.24) is 0 Å². The molecule has 0 fully saturated rings. The summed E-state index contributed by atoms with van der Waals surface area (Å²) in [4.78, 5) is 23.6. The van der Waals surface area contributed by atoms with Crippen molar-refractivity contribution in [2.45, 2.75) is 0 Å². The van der Waals surface area contributed by atoms with Gasteiger partial charge in [-0.3, -0.25) is 9.52 Å². The number of Topliss-reactive ketones (excluding diaryl/α,β-unsaturated/α-hetero) is 1. The molecule has 0 saturated heterocycles. The van der Waals surface area contributed by atoms with Gasteiger partial charge >= 0.3 is 5.97 Å². The zero-order valence-corrected chi connectivity index (χ0v) is 13.8. The van der Waals surface area contributed by atoms with Crippen molar-refractivity contribution in [3.63, 3.8) is 0 Å². The molecule has 2 rings (SSSR count). The van der Waals surface area contributed by atoms with Gasteiger partial charge in [0.25, 0.3) is 0 Å². The SMILES string of the molecule is CS(=O)(=O)Nc1ccc(C(=O)COC(=O)c2c(F)cccc2F)cc1. The van der Waals surface area contributed by atoms with Gasteiger partial charge in [-0.1, -0.05) is 6.07 Å². The fourth-order valence-electron chi connectivity index (χ4n) is 1.92. The lowest BCUT2D eigenvalue weighted by Gasteiger charge is -2.07. The molecule has 0 saturated carbocycles. The average Bonchev–Trinajstić information content (AvgIpc) is 2.51. The van der Waals surface area contributed by atoms with Crippen molar-refractivity contribution in [2.75, 3.05) is 17.6 Å². The minimum Gasteiger partial charge on any atom is -0.454 e. The summed E-state index contributed by atoms with van der Waals surface area (Å²) in [5.74, 6) is -4.09. The summed E-state index contributed by atoms with van der Waals surface area (Å²) in [6.07, 6.45) is 0.980. The van der Waals surface area contributed by atoms with E-state index in [0.29, 0.717) is 0 Å². The number of esters is 1. The van der Waals surface area contributed by atoms with Crippen LogP contribution in [0.25, 0.3) is 0 Å². The van der Waals surface area contributed by atoms with Crippen LogP contribution in [0.15, 0.2) is 42.5 Å². The smallest absolute Gasteiger partial charge is 0.344 e. The number of nitrogens with one attached hydrogen (secondary N) is 1. The van der Waals surface area contributed by atoms with Crippen LogP contribution in [0, 0.1) is 11.6 Å². The summed E-state index contributed by atoms with van der Waals surface area (Å²) in [6.45, 7) is -0.717. The molecule has 0 radical (unpaired) electrons. The third-order valence-corrected chi connectivity index (χ3v) is 3.62. The minimum absolute atomic E-state index is 0.140. The van der Waals surface area contributed by atoms with Crippen molar-refractivity contribution < 1.29 is 31.5 Å². The third kappa shape index (κ3) is 5.08. The van der Waals surface area contributed by atoms with Gasteiger partial charge in [0.15, 0.2) is 12.4 Å². The van der Waals surface area contributed by atoms with E-state index in [1.807, 2.05) is 0 Å². The van der Waals surface area contributed by atoms with E-state index in [-0.39, 0.29) is 11.3 Å². The second kappa shape index (κ2) is 7.39. The van der Waals surface area contributed by atoms with Crippen LogP contribution in [0.4, 0.5) is 14.5 Å². The second-order valence-electron chi connectivity index (χ2n) is 5.05. The molecule has 2 aromatic carbocycles. The molecular weight excluding hydrogens is 356 g/mol. The number of benzene rings is 2. The van der Waals surface area contributed by atoms with Gasteiger partial charge < -0.3 is 4.74 Å². The first-order chi connectivity index (χ1) is 11.7. The highest BCUT2D eigenvalue weighted by atomic mass is 32.2. The van der Waals surface area contributed by atoms with Crippen LogP contribution in [0.2, 0.25) is 0 Å². The molecule has 1 N–H and O–H groups in total. The van der Waals surface area contributed by atoms with Crippen LogP contribution in [-0.2, 0) is 14.8 Å². The van der Waals surface area contributed by atoms with E-state index in [9.17, 15) is 26.8 Å². The number of hydrogen-bond acceptors (Lipinski definition) is 5. The summed E-state index contributed by atoms with van der Waals surface area (Å²) in [5, 5.41) is 0. The maximum absolute atomic E-state index is 13.4. The Hall–Kier alpha value is -2.81. The Morgan fingerprint density at radius 3 is 2.12 bits per heavy atom. The van der Waals surface area contributed by atoms with Crippen LogP contribution in [0.5, 0.6) is 0 Å². The van der Waals surface area contributed by atoms with Gasteiger partial charge in [-0.05, 0) is 36.4 Å². The van der Waals surface area contributed by atoms with Crippen molar-refractivity contribution in [1.29, 1.82) is 0 Å². The van der Waals surface area contributed by atoms with Crippen LogP contribution < -0.4 is 4.72 Å². The van der Waals surface area contributed by atoms with Crippen molar-refractivity contribution in [3.05, 3.63) is 65.2 Å². The quantitative estimate of drug-likeness (QED) is 0.624. The Morgan fingerprint density at radius 1 is 1.04 bits per heavy atom. The number of sulfonamides is 1. The summed E-state index contributed by atoms with van der Waals surface area (Å²) in [7, 11) is -3.45. The zero-order valence-electron chi connectivity index (χ0n) is 13.0. The fraction of sp³-hybridized carbons (Fsp3) is 0.125. The highest BCUT2D eigenvalue weighted by molar-refractivity contribution is 7.92. The van der Waals surface area contributed by atoms with Crippen molar-refractivity contribution >= 4 is 27.5 Å². The van der Waals surface area contributed by atoms with Gasteiger partial charge in [0, 0.05) is 11.3 Å². The number of ketones is 1. The van der Waals surface area contributed by atoms with Crippen LogP contribution in [0.3, 0.4) is 0 Å². The Bertz CT molecular complexity index is 890. The van der Waals surface area contributed by atoms with Gasteiger partial charge in [-0.15, -0.1) is 0 Å². The van der Waals surface area contributed by atoms with E-state index in [2.05, 4.69) is 9.46 Å². The van der Waals surface area contributed by atoms with E-state index < -0.39 is 45.6 Å². The largest absolute Gasteiger partial charge is 0.454 e. The summed E-state index contributed by atoms with van der Waals surface area (Å²) in [6, 6.07) is 8.25. The zero-order chi connectivity index (χ0) is 18.6. The molecule has 25 heavy (non-hydrogen) atoms. The summed E-state index contributed by atoms with van der Waals surface area (Å²) >= 11 is 0. The summed E-state index contributed by atoms with van der Waals surface area (Å²) < 4.78 is 55.9. The first-order valence-electron chi connectivity index (χ1n) is 6.89. The number of anilines is 1. The van der Waals surface area contributed by atoms with Crippen LogP contribution >= 0.6 is 0 Å². The Labute approximate surface area is 142 Å². The first-order valence-corrected chi connectivity index (χ1v) is 8.79. The monoisotopic (exact) mass is 369 g/mol. The van der Waals surface area contributed by atoms with E-state index in [0.717, 1.165) is 24.5 Å². The number of carbonyl (C=O) groups is 2. The maximum atomic E-state index is 13.4. The van der Waals surface area contributed by atoms with Gasteiger partial charge in [-0.2, -0.15) is 0 Å². The molecule has 9 heteroatoms. The predicted octanol–water partition coefficient (Wildman–Crippen LogP) is 2.38. The Morgan fingerprint density at radius 2 is 1.60 bits per heavy atom. The molecule has 0 aliphatic heterocycles. The van der Waals surface area contributed by atoms with E-state index >= 15 is 0 Å². The van der Waals surface area contributed by atoms with E-state index in [1.54, 1.807) is 0 Å². The molecule has 0 aliphatic carbocycles. The number of hydrogen-bond donors (Lipinski definition) is 1. The first kappa shape index (κ1) is 18.5. The standard InChI is InChI=1S/C16H13F2NO5S/c1-25(22,23)19-11-7-5-10(6-8-11)14(20)9-24-16(21)15-12(17)3-2-4-13(15)18/h2-8,19H,9H2,1H3. The molecule has 0 amide bonds. The van der Waals surface area contributed by atoms with Crippen molar-refractivity contribution in [2.24, 2.45) is 0 Å². The molecule has 0 heterocycles. The molecule has 0 aliphatic rings. The minimum atomic E-state index is -3.45. The van der Waals surface area contributed by atoms with E-state index in [1.165, 1.54) is 24.3 Å². The molecule has 2 aromatic rings. The number of halogens is 2. The topological polar surface area (TPSA) is 89.5 Å². The van der Waals surface area contributed by atoms with Crippen LogP contribution in [0.1, 0.15) is 20.7 Å². The van der Waals surface area contributed by atoms with Gasteiger partial charge in [0.05, 0.1) is 6.26 Å². The number of ether oxygens (including phenoxy) is 1.